The molecule has 1 N–H and O–H groups in total. The molecule has 3 unspecified atom stereocenters. The van der Waals surface area contributed by atoms with Crippen molar-refractivity contribution in [1.82, 2.24) is 0 Å². The molecule has 1 aromatic carbocycles. The zero-order chi connectivity index (χ0) is 15.6. The van der Waals surface area contributed by atoms with E-state index in [2.05, 4.69) is 4.90 Å². The molecule has 1 heterocycles. The SMILES string of the molecule is COc1ccc(C=O)c(N2CCC(C(=O)O)C(C)C2C)c1. The van der Waals surface area contributed by atoms with Gasteiger partial charge in [-0.3, -0.25) is 9.59 Å². The molecule has 0 saturated carbocycles. The van der Waals surface area contributed by atoms with E-state index in [4.69, 9.17) is 4.74 Å². The van der Waals surface area contributed by atoms with Gasteiger partial charge in [0.2, 0.25) is 0 Å². The summed E-state index contributed by atoms with van der Waals surface area (Å²) in [6.07, 6.45) is 1.41. The van der Waals surface area contributed by atoms with Gasteiger partial charge in [-0.2, -0.15) is 0 Å². The molecule has 1 saturated heterocycles. The van der Waals surface area contributed by atoms with Crippen LogP contribution in [-0.2, 0) is 4.79 Å². The van der Waals surface area contributed by atoms with Gasteiger partial charge in [0.15, 0.2) is 6.29 Å². The van der Waals surface area contributed by atoms with Gasteiger partial charge in [-0.25, -0.2) is 0 Å². The van der Waals surface area contributed by atoms with Gasteiger partial charge >= 0.3 is 5.97 Å². The highest BCUT2D eigenvalue weighted by atomic mass is 16.5. The zero-order valence-corrected chi connectivity index (χ0v) is 12.6. The smallest absolute Gasteiger partial charge is 0.306 e. The van der Waals surface area contributed by atoms with E-state index in [1.807, 2.05) is 19.9 Å². The lowest BCUT2D eigenvalue weighted by Gasteiger charge is -2.43. The van der Waals surface area contributed by atoms with Gasteiger partial charge in [0, 0.05) is 24.2 Å². The molecule has 0 aromatic heterocycles. The van der Waals surface area contributed by atoms with Crippen molar-refractivity contribution in [2.45, 2.75) is 26.3 Å². The minimum atomic E-state index is -0.741. The molecule has 2 rings (SSSR count). The average molecular weight is 291 g/mol. The predicted octanol–water partition coefficient (Wildman–Crippen LogP) is 2.44. The van der Waals surface area contributed by atoms with Crippen molar-refractivity contribution in [3.8, 4) is 5.75 Å². The second-order valence-electron chi connectivity index (χ2n) is 5.57. The largest absolute Gasteiger partial charge is 0.497 e. The molecule has 3 atom stereocenters. The highest BCUT2D eigenvalue weighted by Gasteiger charge is 2.37. The molecule has 1 fully saturated rings. The Labute approximate surface area is 124 Å². The number of hydrogen-bond donors (Lipinski definition) is 1. The number of carboxylic acid groups (broad SMARTS) is 1. The molecular weight excluding hydrogens is 270 g/mol. The summed E-state index contributed by atoms with van der Waals surface area (Å²) in [5.41, 5.74) is 1.41. The van der Waals surface area contributed by atoms with Crippen LogP contribution >= 0.6 is 0 Å². The maximum absolute atomic E-state index is 11.3. The van der Waals surface area contributed by atoms with Gasteiger partial charge in [-0.05, 0) is 31.4 Å². The Hall–Kier alpha value is -2.04. The number of rotatable bonds is 4. The number of carboxylic acids is 1. The minimum absolute atomic E-state index is 0.0157. The first-order chi connectivity index (χ1) is 9.99. The van der Waals surface area contributed by atoms with Gasteiger partial charge in [0.1, 0.15) is 5.75 Å². The van der Waals surface area contributed by atoms with Crippen LogP contribution in [0.3, 0.4) is 0 Å². The van der Waals surface area contributed by atoms with Crippen LogP contribution in [0.2, 0.25) is 0 Å². The van der Waals surface area contributed by atoms with Crippen LogP contribution in [0.5, 0.6) is 5.75 Å². The van der Waals surface area contributed by atoms with Crippen molar-refractivity contribution in [2.24, 2.45) is 11.8 Å². The summed E-state index contributed by atoms with van der Waals surface area (Å²) >= 11 is 0. The van der Waals surface area contributed by atoms with Crippen molar-refractivity contribution in [3.05, 3.63) is 23.8 Å². The highest BCUT2D eigenvalue weighted by molar-refractivity contribution is 5.85. The Morgan fingerprint density at radius 1 is 1.43 bits per heavy atom. The number of aliphatic carboxylic acids is 1. The number of benzene rings is 1. The number of anilines is 1. The normalized spacial score (nSPS) is 25.5. The number of aldehydes is 1. The summed E-state index contributed by atoms with van der Waals surface area (Å²) < 4.78 is 5.23. The van der Waals surface area contributed by atoms with E-state index in [9.17, 15) is 14.7 Å². The lowest BCUT2D eigenvalue weighted by Crippen LogP contribution is -2.49. The first-order valence-corrected chi connectivity index (χ1v) is 7.12. The third kappa shape index (κ3) is 2.86. The molecule has 0 spiro atoms. The molecule has 5 nitrogen and oxygen atoms in total. The standard InChI is InChI=1S/C16H21NO4/c1-10-11(2)17(7-6-14(10)16(19)20)15-8-13(21-3)5-4-12(15)9-18/h4-5,8-11,14H,6-7H2,1-3H3,(H,19,20). The van der Waals surface area contributed by atoms with Crippen LogP contribution in [0, 0.1) is 11.8 Å². The van der Waals surface area contributed by atoms with Crippen LogP contribution < -0.4 is 9.64 Å². The van der Waals surface area contributed by atoms with Gasteiger partial charge in [0.05, 0.1) is 18.7 Å². The third-order valence-electron chi connectivity index (χ3n) is 4.56. The quantitative estimate of drug-likeness (QED) is 0.863. The lowest BCUT2D eigenvalue weighted by molar-refractivity contribution is -0.144. The molecule has 0 radical (unpaired) electrons. The molecule has 114 valence electrons. The number of carbonyl (C=O) groups is 2. The monoisotopic (exact) mass is 291 g/mol. The van der Waals surface area contributed by atoms with E-state index < -0.39 is 5.97 Å². The van der Waals surface area contributed by atoms with Crippen LogP contribution in [-0.4, -0.2) is 37.1 Å². The maximum atomic E-state index is 11.3. The number of hydrogen-bond acceptors (Lipinski definition) is 4. The first-order valence-electron chi connectivity index (χ1n) is 7.12. The summed E-state index contributed by atoms with van der Waals surface area (Å²) in [4.78, 5) is 24.7. The summed E-state index contributed by atoms with van der Waals surface area (Å²) in [5.74, 6) is -0.366. The van der Waals surface area contributed by atoms with Gasteiger partial charge in [-0.1, -0.05) is 6.92 Å². The topological polar surface area (TPSA) is 66.8 Å². The van der Waals surface area contributed by atoms with Crippen LogP contribution in [0.25, 0.3) is 0 Å². The zero-order valence-electron chi connectivity index (χ0n) is 12.6. The molecular formula is C16H21NO4. The molecule has 21 heavy (non-hydrogen) atoms. The van der Waals surface area contributed by atoms with E-state index in [0.717, 1.165) is 12.0 Å². The fraction of sp³-hybridized carbons (Fsp3) is 0.500. The summed E-state index contributed by atoms with van der Waals surface area (Å²) in [7, 11) is 1.59. The van der Waals surface area contributed by atoms with Crippen molar-refractivity contribution < 1.29 is 19.4 Å². The van der Waals surface area contributed by atoms with E-state index in [1.165, 1.54) is 0 Å². The number of piperidine rings is 1. The van der Waals surface area contributed by atoms with Gasteiger partial charge in [0.25, 0.3) is 0 Å². The summed E-state index contributed by atoms with van der Waals surface area (Å²) in [6, 6.07) is 5.38. The van der Waals surface area contributed by atoms with Crippen LogP contribution in [0.4, 0.5) is 5.69 Å². The molecule has 1 aliphatic heterocycles. The maximum Gasteiger partial charge on any atom is 0.306 e. The number of methoxy groups -OCH3 is 1. The summed E-state index contributed by atoms with van der Waals surface area (Å²) in [5, 5.41) is 9.27. The molecule has 0 aliphatic carbocycles. The molecule has 0 amide bonds. The van der Waals surface area contributed by atoms with E-state index in [1.54, 1.807) is 19.2 Å². The Balaban J connectivity index is 2.34. The Bertz CT molecular complexity index is 543. The molecule has 1 aromatic rings. The van der Waals surface area contributed by atoms with Gasteiger partial charge < -0.3 is 14.7 Å². The Kier molecular flexibility index (Phi) is 4.50. The van der Waals surface area contributed by atoms with E-state index >= 15 is 0 Å². The van der Waals surface area contributed by atoms with Crippen molar-refractivity contribution in [1.29, 1.82) is 0 Å². The Morgan fingerprint density at radius 2 is 2.14 bits per heavy atom. The fourth-order valence-corrected chi connectivity index (χ4v) is 3.05. The Morgan fingerprint density at radius 3 is 2.71 bits per heavy atom. The van der Waals surface area contributed by atoms with Crippen LogP contribution in [0.15, 0.2) is 18.2 Å². The average Bonchev–Trinajstić information content (AvgIpc) is 2.49. The lowest BCUT2D eigenvalue weighted by atomic mass is 9.81. The molecule has 5 heteroatoms. The molecule has 1 aliphatic rings. The van der Waals surface area contributed by atoms with Crippen LogP contribution in [0.1, 0.15) is 30.6 Å². The second kappa shape index (κ2) is 6.16. The minimum Gasteiger partial charge on any atom is -0.497 e. The second-order valence-corrected chi connectivity index (χ2v) is 5.57. The highest BCUT2D eigenvalue weighted by Crippen LogP contribution is 2.35. The van der Waals surface area contributed by atoms with E-state index in [-0.39, 0.29) is 17.9 Å². The fourth-order valence-electron chi connectivity index (χ4n) is 3.05. The van der Waals surface area contributed by atoms with Crippen molar-refractivity contribution in [2.75, 3.05) is 18.6 Å². The molecule has 0 bridgehead atoms. The van der Waals surface area contributed by atoms with E-state index in [0.29, 0.717) is 24.3 Å². The van der Waals surface area contributed by atoms with Crippen molar-refractivity contribution in [3.63, 3.8) is 0 Å². The van der Waals surface area contributed by atoms with Gasteiger partial charge in [-0.15, -0.1) is 0 Å². The van der Waals surface area contributed by atoms with Crippen molar-refractivity contribution >= 4 is 17.9 Å². The predicted molar refractivity (Wildman–Crippen MR) is 80.1 cm³/mol. The number of carbonyl (C=O) groups excluding carboxylic acids is 1. The first kappa shape index (κ1) is 15.4. The third-order valence-corrected chi connectivity index (χ3v) is 4.56. The number of ether oxygens (including phenoxy) is 1. The number of nitrogens with zero attached hydrogens (tertiary/aromatic N) is 1. The summed E-state index contributed by atoms with van der Waals surface area (Å²) in [6.45, 7) is 4.58.